The molecule has 0 unspecified atom stereocenters. The van der Waals surface area contributed by atoms with Crippen LogP contribution in [-0.4, -0.2) is 9.97 Å². The molecule has 0 saturated heterocycles. The number of hydrogen-bond acceptors (Lipinski definition) is 2. The Morgan fingerprint density at radius 3 is 1.71 bits per heavy atom. The molecule has 0 amide bonds. The van der Waals surface area contributed by atoms with E-state index in [4.69, 9.17) is 9.97 Å². The predicted molar refractivity (Wildman–Crippen MR) is 214 cm³/mol. The second kappa shape index (κ2) is 12.6. The average molecular weight is 655 g/mol. The Hall–Kier alpha value is -6.12. The van der Waals surface area contributed by atoms with Gasteiger partial charge in [-0.3, -0.25) is 0 Å². The molecule has 8 aromatic rings. The van der Waals surface area contributed by atoms with Gasteiger partial charge in [0.05, 0.1) is 11.4 Å². The smallest absolute Gasteiger partial charge is 0.160 e. The highest BCUT2D eigenvalue weighted by molar-refractivity contribution is 6.05. The zero-order valence-electron chi connectivity index (χ0n) is 29.0. The van der Waals surface area contributed by atoms with E-state index in [2.05, 4.69) is 166 Å². The van der Waals surface area contributed by atoms with Gasteiger partial charge in [-0.2, -0.15) is 0 Å². The fourth-order valence-electron chi connectivity index (χ4n) is 8.35. The Morgan fingerprint density at radius 1 is 0.373 bits per heavy atom. The van der Waals surface area contributed by atoms with Crippen molar-refractivity contribution >= 4 is 10.8 Å². The summed E-state index contributed by atoms with van der Waals surface area (Å²) in [6.07, 6.45) is 2.15. The maximum absolute atomic E-state index is 5.23. The number of hydrogen-bond donors (Lipinski definition) is 0. The molecule has 0 bridgehead atoms. The van der Waals surface area contributed by atoms with Crippen molar-refractivity contribution < 1.29 is 0 Å². The lowest BCUT2D eigenvalue weighted by Crippen LogP contribution is -2.23. The quantitative estimate of drug-likeness (QED) is 0.171. The van der Waals surface area contributed by atoms with Gasteiger partial charge in [0, 0.05) is 22.1 Å². The first-order chi connectivity index (χ1) is 25.2. The molecule has 0 radical (unpaired) electrons. The minimum atomic E-state index is 0.0285. The van der Waals surface area contributed by atoms with Gasteiger partial charge < -0.3 is 0 Å². The Labute approximate surface area is 300 Å². The van der Waals surface area contributed by atoms with E-state index in [1.807, 2.05) is 18.2 Å². The van der Waals surface area contributed by atoms with Gasteiger partial charge in [0.1, 0.15) is 0 Å². The molecule has 1 aromatic heterocycles. The Kier molecular flexibility index (Phi) is 7.66. The molecule has 0 atom stereocenters. The molecular formula is C49H38N2. The van der Waals surface area contributed by atoms with Crippen molar-refractivity contribution in [3.63, 3.8) is 0 Å². The highest BCUT2D eigenvalue weighted by Gasteiger charge is 2.40. The zero-order valence-corrected chi connectivity index (χ0v) is 29.0. The van der Waals surface area contributed by atoms with Crippen molar-refractivity contribution in [1.29, 1.82) is 0 Å². The summed E-state index contributed by atoms with van der Waals surface area (Å²) in [6.45, 7) is 4.67. The number of aromatic nitrogens is 2. The van der Waals surface area contributed by atoms with E-state index < -0.39 is 0 Å². The van der Waals surface area contributed by atoms with Crippen molar-refractivity contribution in [1.82, 2.24) is 9.97 Å². The monoisotopic (exact) mass is 654 g/mol. The Morgan fingerprint density at radius 2 is 0.941 bits per heavy atom. The molecule has 0 spiro atoms. The molecule has 0 saturated carbocycles. The molecule has 1 aliphatic carbocycles. The largest absolute Gasteiger partial charge is 0.228 e. The summed E-state index contributed by atoms with van der Waals surface area (Å²) < 4.78 is 0. The topological polar surface area (TPSA) is 25.8 Å². The molecule has 1 aliphatic rings. The van der Waals surface area contributed by atoms with Crippen molar-refractivity contribution in [3.05, 3.63) is 181 Å². The third kappa shape index (κ3) is 5.18. The van der Waals surface area contributed by atoms with E-state index in [0.29, 0.717) is 0 Å². The highest BCUT2D eigenvalue weighted by atomic mass is 14.9. The fraction of sp³-hybridized carbons (Fsp3) is 0.102. The van der Waals surface area contributed by atoms with Crippen LogP contribution in [0.25, 0.3) is 78.1 Å². The first-order valence-corrected chi connectivity index (χ1v) is 18.0. The standard InChI is InChI=1S/C49H38N2/c1-3-49(4-2)44-25-14-13-24-41(44)42-27-26-36(31-45(42)49)38-28-29-43(40-23-12-11-22-39(38)40)47-32-46(50-48(51-47)34-18-9-6-10-19-34)37-21-15-20-35(30-37)33-16-7-5-8-17-33/h5-32H,3-4H2,1-2H3. The molecule has 7 aromatic carbocycles. The van der Waals surface area contributed by atoms with Crippen LogP contribution in [-0.2, 0) is 5.41 Å². The summed E-state index contributed by atoms with van der Waals surface area (Å²) in [6, 6.07) is 61.1. The number of benzene rings is 7. The fourth-order valence-corrected chi connectivity index (χ4v) is 8.35. The van der Waals surface area contributed by atoms with E-state index >= 15 is 0 Å². The van der Waals surface area contributed by atoms with E-state index in [-0.39, 0.29) is 5.41 Å². The lowest BCUT2D eigenvalue weighted by atomic mass is 9.73. The minimum Gasteiger partial charge on any atom is -0.228 e. The van der Waals surface area contributed by atoms with E-state index in [1.54, 1.807) is 0 Å². The molecule has 51 heavy (non-hydrogen) atoms. The lowest BCUT2D eigenvalue weighted by Gasteiger charge is -2.30. The second-order valence-electron chi connectivity index (χ2n) is 13.6. The number of rotatable bonds is 7. The van der Waals surface area contributed by atoms with Gasteiger partial charge in [-0.15, -0.1) is 0 Å². The van der Waals surface area contributed by atoms with Crippen LogP contribution in [0, 0.1) is 0 Å². The molecule has 9 rings (SSSR count). The van der Waals surface area contributed by atoms with Gasteiger partial charge in [-0.1, -0.05) is 166 Å². The Bertz CT molecular complexity index is 2550. The van der Waals surface area contributed by atoms with Crippen LogP contribution in [0.3, 0.4) is 0 Å². The second-order valence-corrected chi connectivity index (χ2v) is 13.6. The van der Waals surface area contributed by atoms with Crippen molar-refractivity contribution in [2.45, 2.75) is 32.1 Å². The summed E-state index contributed by atoms with van der Waals surface area (Å²) in [4.78, 5) is 10.4. The molecule has 1 heterocycles. The molecule has 0 aliphatic heterocycles. The van der Waals surface area contributed by atoms with Gasteiger partial charge in [0.15, 0.2) is 5.82 Å². The van der Waals surface area contributed by atoms with Crippen molar-refractivity contribution in [3.8, 4) is 67.3 Å². The maximum Gasteiger partial charge on any atom is 0.160 e. The van der Waals surface area contributed by atoms with Crippen LogP contribution in [0.5, 0.6) is 0 Å². The predicted octanol–water partition coefficient (Wildman–Crippen LogP) is 13.1. The summed E-state index contributed by atoms with van der Waals surface area (Å²) in [5.41, 5.74) is 15.5. The normalized spacial score (nSPS) is 12.8. The average Bonchev–Trinajstić information content (AvgIpc) is 3.50. The summed E-state index contributed by atoms with van der Waals surface area (Å²) in [7, 11) is 0. The van der Waals surface area contributed by atoms with E-state index in [0.717, 1.165) is 52.3 Å². The SMILES string of the molecule is CCC1(CC)c2ccccc2-c2ccc(-c3ccc(-c4cc(-c5cccc(-c6ccccc6)c5)nc(-c5ccccc5)n4)c4ccccc34)cc21. The first kappa shape index (κ1) is 30.9. The van der Waals surface area contributed by atoms with Crippen LogP contribution in [0.1, 0.15) is 37.8 Å². The van der Waals surface area contributed by atoms with Crippen LogP contribution in [0.4, 0.5) is 0 Å². The highest BCUT2D eigenvalue weighted by Crippen LogP contribution is 2.53. The van der Waals surface area contributed by atoms with Crippen molar-refractivity contribution in [2.24, 2.45) is 0 Å². The number of fused-ring (bicyclic) bond motifs is 4. The van der Waals surface area contributed by atoms with E-state index in [1.165, 1.54) is 49.7 Å². The van der Waals surface area contributed by atoms with Gasteiger partial charge in [0.25, 0.3) is 0 Å². The van der Waals surface area contributed by atoms with Gasteiger partial charge in [-0.25, -0.2) is 9.97 Å². The maximum atomic E-state index is 5.23. The molecule has 2 nitrogen and oxygen atoms in total. The van der Waals surface area contributed by atoms with Gasteiger partial charge in [0.2, 0.25) is 0 Å². The summed E-state index contributed by atoms with van der Waals surface area (Å²) in [5.74, 6) is 0.718. The molecule has 244 valence electrons. The summed E-state index contributed by atoms with van der Waals surface area (Å²) in [5, 5.41) is 2.40. The van der Waals surface area contributed by atoms with Crippen LogP contribution < -0.4 is 0 Å². The van der Waals surface area contributed by atoms with Crippen LogP contribution >= 0.6 is 0 Å². The molecule has 0 N–H and O–H groups in total. The third-order valence-corrected chi connectivity index (χ3v) is 11.0. The molecule has 0 fully saturated rings. The minimum absolute atomic E-state index is 0.0285. The van der Waals surface area contributed by atoms with Crippen LogP contribution in [0.2, 0.25) is 0 Å². The lowest BCUT2D eigenvalue weighted by molar-refractivity contribution is 0.490. The third-order valence-electron chi connectivity index (χ3n) is 11.0. The molecule has 2 heteroatoms. The summed E-state index contributed by atoms with van der Waals surface area (Å²) >= 11 is 0. The zero-order chi connectivity index (χ0) is 34.4. The van der Waals surface area contributed by atoms with E-state index in [9.17, 15) is 0 Å². The molecular weight excluding hydrogens is 617 g/mol. The Balaban J connectivity index is 1.20. The van der Waals surface area contributed by atoms with Crippen LogP contribution in [0.15, 0.2) is 170 Å². The van der Waals surface area contributed by atoms with Crippen molar-refractivity contribution in [2.75, 3.05) is 0 Å². The van der Waals surface area contributed by atoms with Gasteiger partial charge >= 0.3 is 0 Å². The first-order valence-electron chi connectivity index (χ1n) is 18.0. The van der Waals surface area contributed by atoms with Gasteiger partial charge in [-0.05, 0) is 86.3 Å². The number of nitrogens with zero attached hydrogens (tertiary/aromatic N) is 2.